The molecule has 0 aromatic carbocycles. The predicted molar refractivity (Wildman–Crippen MR) is 82.7 cm³/mol. The molecule has 2 nitrogen and oxygen atoms in total. The maximum absolute atomic E-state index is 6.07. The maximum atomic E-state index is 6.07. The van der Waals surface area contributed by atoms with Crippen LogP contribution in [0.1, 0.15) is 26.7 Å². The Labute approximate surface area is 116 Å². The van der Waals surface area contributed by atoms with Crippen LogP contribution in [0, 0.1) is 0 Å². The van der Waals surface area contributed by atoms with Crippen molar-refractivity contribution in [1.82, 2.24) is 4.90 Å². The van der Waals surface area contributed by atoms with Gasteiger partial charge in [0.15, 0.2) is 0 Å². The Morgan fingerprint density at radius 1 is 1.42 bits per heavy atom. The van der Waals surface area contributed by atoms with Gasteiger partial charge < -0.3 is 5.73 Å². The summed E-state index contributed by atoms with van der Waals surface area (Å²) in [6.45, 7) is 10.1. The highest BCUT2D eigenvalue weighted by atomic mass is 15.2. The summed E-state index contributed by atoms with van der Waals surface area (Å²) in [6.07, 6.45) is 13.3. The van der Waals surface area contributed by atoms with E-state index < -0.39 is 0 Å². The SMILES string of the molecule is C=C(N)C(C(/C=C\C)=C/C)N1CC2=C(CCC=C2)C1. The van der Waals surface area contributed by atoms with E-state index >= 15 is 0 Å². The minimum absolute atomic E-state index is 0.125. The standard InChI is InChI=1S/C17H24N2/c1-4-8-14(5-2)17(13(3)18)19-11-15-9-6-7-10-16(15)12-19/h4-6,8-9,17H,3,7,10-12,18H2,1-2H3/b8-4-,14-5+. The van der Waals surface area contributed by atoms with Gasteiger partial charge in [0.2, 0.25) is 0 Å². The third-order valence-corrected chi connectivity index (χ3v) is 3.88. The number of hydrogen-bond acceptors (Lipinski definition) is 2. The highest BCUT2D eigenvalue weighted by molar-refractivity contribution is 5.39. The summed E-state index contributed by atoms with van der Waals surface area (Å²) in [5.74, 6) is 0. The molecule has 0 radical (unpaired) electrons. The van der Waals surface area contributed by atoms with Crippen molar-refractivity contribution in [3.05, 3.63) is 59.4 Å². The fourth-order valence-corrected chi connectivity index (χ4v) is 3.01. The van der Waals surface area contributed by atoms with Gasteiger partial charge in [-0.1, -0.05) is 42.5 Å². The van der Waals surface area contributed by atoms with Gasteiger partial charge in [-0.2, -0.15) is 0 Å². The van der Waals surface area contributed by atoms with Crippen LogP contribution in [0.4, 0.5) is 0 Å². The van der Waals surface area contributed by atoms with E-state index in [1.807, 2.05) is 6.92 Å². The van der Waals surface area contributed by atoms with Crippen LogP contribution in [0.2, 0.25) is 0 Å². The topological polar surface area (TPSA) is 29.3 Å². The van der Waals surface area contributed by atoms with Crippen molar-refractivity contribution in [2.45, 2.75) is 32.7 Å². The molecule has 0 bridgehead atoms. The van der Waals surface area contributed by atoms with E-state index in [-0.39, 0.29) is 6.04 Å². The quantitative estimate of drug-likeness (QED) is 0.782. The molecule has 1 heterocycles. The largest absolute Gasteiger partial charge is 0.401 e. The van der Waals surface area contributed by atoms with E-state index in [0.29, 0.717) is 0 Å². The average Bonchev–Trinajstić information content (AvgIpc) is 2.80. The minimum atomic E-state index is 0.125. The van der Waals surface area contributed by atoms with E-state index in [0.717, 1.165) is 18.8 Å². The van der Waals surface area contributed by atoms with Crippen molar-refractivity contribution in [1.29, 1.82) is 0 Å². The van der Waals surface area contributed by atoms with Crippen molar-refractivity contribution < 1.29 is 0 Å². The van der Waals surface area contributed by atoms with E-state index in [1.54, 1.807) is 5.57 Å². The first-order valence-electron chi connectivity index (χ1n) is 7.02. The Balaban J connectivity index is 2.19. The van der Waals surface area contributed by atoms with Gasteiger partial charge in [-0.3, -0.25) is 4.90 Å². The normalized spacial score (nSPS) is 22.1. The fourth-order valence-electron chi connectivity index (χ4n) is 3.01. The predicted octanol–water partition coefficient (Wildman–Crippen LogP) is 3.31. The molecule has 0 fully saturated rings. The fraction of sp³-hybridized carbons (Fsp3) is 0.412. The summed E-state index contributed by atoms with van der Waals surface area (Å²) in [6, 6.07) is 0.125. The highest BCUT2D eigenvalue weighted by Crippen LogP contribution is 2.30. The van der Waals surface area contributed by atoms with E-state index in [4.69, 9.17) is 5.73 Å². The number of allylic oxidation sites excluding steroid dienone is 3. The van der Waals surface area contributed by atoms with E-state index in [2.05, 4.69) is 48.8 Å². The molecule has 1 atom stereocenters. The summed E-state index contributed by atoms with van der Waals surface area (Å²) < 4.78 is 0. The lowest BCUT2D eigenvalue weighted by Gasteiger charge is -2.29. The Morgan fingerprint density at radius 2 is 2.21 bits per heavy atom. The average molecular weight is 256 g/mol. The van der Waals surface area contributed by atoms with Crippen LogP contribution in [0.25, 0.3) is 0 Å². The first kappa shape index (κ1) is 13.9. The lowest BCUT2D eigenvalue weighted by Crippen LogP contribution is -2.38. The lowest BCUT2D eigenvalue weighted by atomic mass is 10.0. The molecule has 0 aromatic rings. The molecule has 0 saturated carbocycles. The molecule has 102 valence electrons. The van der Waals surface area contributed by atoms with Crippen LogP contribution in [-0.2, 0) is 0 Å². The van der Waals surface area contributed by atoms with Gasteiger partial charge in [-0.25, -0.2) is 0 Å². The van der Waals surface area contributed by atoms with E-state index in [1.165, 1.54) is 24.0 Å². The summed E-state index contributed by atoms with van der Waals surface area (Å²) in [5, 5.41) is 0. The van der Waals surface area contributed by atoms with Gasteiger partial charge >= 0.3 is 0 Å². The second-order valence-corrected chi connectivity index (χ2v) is 5.24. The number of rotatable bonds is 4. The Kier molecular flexibility index (Phi) is 4.43. The molecule has 1 unspecified atom stereocenters. The van der Waals surface area contributed by atoms with Gasteiger partial charge in [0.25, 0.3) is 0 Å². The van der Waals surface area contributed by atoms with Gasteiger partial charge in [0, 0.05) is 18.8 Å². The van der Waals surface area contributed by atoms with Crippen molar-refractivity contribution in [2.24, 2.45) is 5.73 Å². The molecule has 2 rings (SSSR count). The van der Waals surface area contributed by atoms with Crippen LogP contribution >= 0.6 is 0 Å². The summed E-state index contributed by atoms with van der Waals surface area (Å²) >= 11 is 0. The van der Waals surface area contributed by atoms with Gasteiger partial charge in [0.1, 0.15) is 0 Å². The summed E-state index contributed by atoms with van der Waals surface area (Å²) in [5.41, 5.74) is 11.1. The van der Waals surface area contributed by atoms with Crippen molar-refractivity contribution >= 4 is 0 Å². The minimum Gasteiger partial charge on any atom is -0.401 e. The zero-order valence-electron chi connectivity index (χ0n) is 12.0. The third-order valence-electron chi connectivity index (χ3n) is 3.88. The molecular weight excluding hydrogens is 232 g/mol. The third kappa shape index (κ3) is 2.90. The summed E-state index contributed by atoms with van der Waals surface area (Å²) in [4.78, 5) is 2.43. The molecule has 2 N–H and O–H groups in total. The molecule has 0 aromatic heterocycles. The molecule has 2 aliphatic rings. The molecule has 1 aliphatic heterocycles. The molecule has 1 aliphatic carbocycles. The Morgan fingerprint density at radius 3 is 2.79 bits per heavy atom. The molecule has 19 heavy (non-hydrogen) atoms. The van der Waals surface area contributed by atoms with E-state index in [9.17, 15) is 0 Å². The Hall–Kier alpha value is -1.54. The first-order chi connectivity index (χ1) is 9.17. The zero-order valence-corrected chi connectivity index (χ0v) is 12.0. The van der Waals surface area contributed by atoms with Crippen LogP contribution in [-0.4, -0.2) is 24.0 Å². The number of hydrogen-bond donors (Lipinski definition) is 1. The second-order valence-electron chi connectivity index (χ2n) is 5.24. The van der Waals surface area contributed by atoms with Crippen LogP contribution < -0.4 is 5.73 Å². The molecule has 0 spiro atoms. The smallest absolute Gasteiger partial charge is 0.0745 e. The monoisotopic (exact) mass is 256 g/mol. The summed E-state index contributed by atoms with van der Waals surface area (Å²) in [7, 11) is 0. The van der Waals surface area contributed by atoms with Crippen LogP contribution in [0.5, 0.6) is 0 Å². The molecular formula is C17H24N2. The lowest BCUT2D eigenvalue weighted by molar-refractivity contribution is 0.309. The molecule has 0 saturated heterocycles. The van der Waals surface area contributed by atoms with Gasteiger partial charge in [0.05, 0.1) is 6.04 Å². The van der Waals surface area contributed by atoms with Crippen molar-refractivity contribution in [3.63, 3.8) is 0 Å². The van der Waals surface area contributed by atoms with Gasteiger partial charge in [-0.05, 0) is 37.8 Å². The molecule has 0 amide bonds. The first-order valence-corrected chi connectivity index (χ1v) is 7.02. The maximum Gasteiger partial charge on any atom is 0.0745 e. The second kappa shape index (κ2) is 6.07. The van der Waals surface area contributed by atoms with Crippen LogP contribution in [0.15, 0.2) is 59.4 Å². The van der Waals surface area contributed by atoms with Crippen molar-refractivity contribution in [3.8, 4) is 0 Å². The molecule has 2 heteroatoms. The number of nitrogens with zero attached hydrogens (tertiary/aromatic N) is 1. The van der Waals surface area contributed by atoms with Gasteiger partial charge in [-0.15, -0.1) is 0 Å². The zero-order chi connectivity index (χ0) is 13.8. The van der Waals surface area contributed by atoms with Crippen molar-refractivity contribution in [2.75, 3.05) is 13.1 Å². The van der Waals surface area contributed by atoms with Crippen LogP contribution in [0.3, 0.4) is 0 Å². The highest BCUT2D eigenvalue weighted by Gasteiger charge is 2.29. The number of nitrogens with two attached hydrogens (primary N) is 1. The Bertz CT molecular complexity index is 477.